The highest BCUT2D eigenvalue weighted by atomic mass is 32.1. The zero-order chi connectivity index (χ0) is 17.7. The van der Waals surface area contributed by atoms with Gasteiger partial charge in [-0.25, -0.2) is 4.79 Å². The van der Waals surface area contributed by atoms with Crippen molar-refractivity contribution >= 4 is 24.6 Å². The summed E-state index contributed by atoms with van der Waals surface area (Å²) in [5.41, 5.74) is -0.537. The van der Waals surface area contributed by atoms with Crippen LogP contribution in [0.25, 0.3) is 0 Å². The minimum absolute atomic E-state index is 0.0554. The Morgan fingerprint density at radius 3 is 2.04 bits per heavy atom. The molecule has 1 heterocycles. The van der Waals surface area contributed by atoms with Crippen LogP contribution in [0.2, 0.25) is 0 Å². The molecule has 0 bridgehead atoms. The predicted octanol–water partition coefficient (Wildman–Crippen LogP) is 2.56. The van der Waals surface area contributed by atoms with Crippen LogP contribution < -0.4 is 5.32 Å². The summed E-state index contributed by atoms with van der Waals surface area (Å²) in [5.74, 6) is -2.80. The molecular weight excluding hydrogens is 335 g/mol. The van der Waals surface area contributed by atoms with E-state index in [4.69, 9.17) is 9.90 Å². The normalized spacial score (nSPS) is 28.8. The summed E-state index contributed by atoms with van der Waals surface area (Å²) >= 11 is 4.52. The average molecular weight is 357 g/mol. The minimum Gasteiger partial charge on any atom is -0.481 e. The van der Waals surface area contributed by atoms with Crippen LogP contribution in [0.1, 0.15) is 38.5 Å². The van der Waals surface area contributed by atoms with E-state index < -0.39 is 23.5 Å². The van der Waals surface area contributed by atoms with Gasteiger partial charge < -0.3 is 15.5 Å². The van der Waals surface area contributed by atoms with Crippen LogP contribution in [0, 0.1) is 11.3 Å². The summed E-state index contributed by atoms with van der Waals surface area (Å²) in [6.07, 6.45) is 0.787. The Bertz CT molecular complexity index is 427. The first-order valence-corrected chi connectivity index (χ1v) is 8.03. The van der Waals surface area contributed by atoms with Crippen molar-refractivity contribution in [2.24, 2.45) is 11.3 Å². The Hall–Kier alpha value is -0.960. The summed E-state index contributed by atoms with van der Waals surface area (Å²) in [4.78, 5) is 20.4. The van der Waals surface area contributed by atoms with Crippen LogP contribution in [0.4, 0.5) is 13.2 Å². The number of hydrogen-bond acceptors (Lipinski definition) is 4. The number of piperidine rings is 1. The van der Waals surface area contributed by atoms with E-state index in [1.54, 1.807) is 0 Å². The predicted molar refractivity (Wildman–Crippen MR) is 80.6 cm³/mol. The number of rotatable bonds is 3. The molecule has 134 valence electrons. The molecule has 1 aliphatic carbocycles. The quantitative estimate of drug-likeness (QED) is 0.583. The Morgan fingerprint density at radius 1 is 1.17 bits per heavy atom. The van der Waals surface area contributed by atoms with Crippen LogP contribution in [-0.2, 0) is 9.59 Å². The van der Waals surface area contributed by atoms with Gasteiger partial charge in [-0.1, -0.05) is 6.42 Å². The molecule has 2 rings (SSSR count). The van der Waals surface area contributed by atoms with Crippen molar-refractivity contribution in [2.45, 2.75) is 50.0 Å². The number of alkyl halides is 3. The fourth-order valence-electron chi connectivity index (χ4n) is 3.23. The molecule has 0 amide bonds. The molecule has 23 heavy (non-hydrogen) atoms. The Balaban J connectivity index is 0.000000322. The van der Waals surface area contributed by atoms with Gasteiger partial charge in [-0.05, 0) is 51.1 Å². The van der Waals surface area contributed by atoms with Gasteiger partial charge in [0.1, 0.15) is 0 Å². The first-order chi connectivity index (χ1) is 10.6. The lowest BCUT2D eigenvalue weighted by atomic mass is 9.75. The number of halogens is 3. The van der Waals surface area contributed by atoms with Crippen LogP contribution >= 0.6 is 12.6 Å². The lowest BCUT2D eigenvalue weighted by molar-refractivity contribution is -0.192. The van der Waals surface area contributed by atoms with Crippen LogP contribution in [0.5, 0.6) is 0 Å². The fourth-order valence-corrected chi connectivity index (χ4v) is 3.76. The maximum Gasteiger partial charge on any atom is 0.490 e. The first kappa shape index (κ1) is 20.1. The van der Waals surface area contributed by atoms with Crippen molar-refractivity contribution in [3.63, 3.8) is 0 Å². The number of aliphatic carboxylic acids is 2. The van der Waals surface area contributed by atoms with Gasteiger partial charge in [-0.3, -0.25) is 4.79 Å². The van der Waals surface area contributed by atoms with Crippen molar-refractivity contribution in [2.75, 3.05) is 13.1 Å². The van der Waals surface area contributed by atoms with Crippen molar-refractivity contribution < 1.29 is 33.0 Å². The molecule has 0 aromatic heterocycles. The summed E-state index contributed by atoms with van der Waals surface area (Å²) in [6, 6.07) is 0. The molecule has 2 unspecified atom stereocenters. The van der Waals surface area contributed by atoms with Crippen molar-refractivity contribution in [3.8, 4) is 0 Å². The molecule has 2 fully saturated rings. The van der Waals surface area contributed by atoms with Gasteiger partial charge in [0.05, 0.1) is 5.41 Å². The third-order valence-corrected chi connectivity index (χ3v) is 5.27. The van der Waals surface area contributed by atoms with Gasteiger partial charge in [0, 0.05) is 5.25 Å². The molecular formula is C14H22F3NO4S. The molecule has 2 aliphatic rings. The monoisotopic (exact) mass is 357 g/mol. The SMILES string of the molecule is O=C(O)C(F)(F)F.O=C(O)C1(CC2CCNCC2)CCCC1S. The second kappa shape index (κ2) is 8.23. The van der Waals surface area contributed by atoms with E-state index in [9.17, 15) is 23.1 Å². The molecule has 1 aliphatic heterocycles. The Kier molecular flexibility index (Phi) is 7.19. The second-order valence-corrected chi connectivity index (χ2v) is 6.69. The molecule has 0 aromatic carbocycles. The van der Waals surface area contributed by atoms with Gasteiger partial charge in [-0.2, -0.15) is 25.8 Å². The van der Waals surface area contributed by atoms with Gasteiger partial charge in [0.2, 0.25) is 0 Å². The highest BCUT2D eigenvalue weighted by Gasteiger charge is 2.48. The number of nitrogens with one attached hydrogen (secondary N) is 1. The largest absolute Gasteiger partial charge is 0.490 e. The van der Waals surface area contributed by atoms with Crippen LogP contribution in [-0.4, -0.2) is 46.7 Å². The molecule has 0 aromatic rings. The fraction of sp³-hybridized carbons (Fsp3) is 0.857. The topological polar surface area (TPSA) is 86.6 Å². The maximum absolute atomic E-state index is 11.5. The molecule has 1 saturated carbocycles. The zero-order valence-corrected chi connectivity index (χ0v) is 13.5. The molecule has 5 nitrogen and oxygen atoms in total. The van der Waals surface area contributed by atoms with Gasteiger partial charge in [0.25, 0.3) is 0 Å². The van der Waals surface area contributed by atoms with E-state index in [-0.39, 0.29) is 5.25 Å². The molecule has 9 heteroatoms. The standard InChI is InChI=1S/C12H21NO2S.C2HF3O2/c14-11(15)12(5-1-2-10(12)16)8-9-3-6-13-7-4-9;3-2(4,5)1(6)7/h9-10,13,16H,1-8H2,(H,14,15);(H,6,7). The lowest BCUT2D eigenvalue weighted by Gasteiger charge is -2.34. The highest BCUT2D eigenvalue weighted by molar-refractivity contribution is 7.81. The number of hydrogen-bond donors (Lipinski definition) is 4. The van der Waals surface area contributed by atoms with Crippen LogP contribution in [0.15, 0.2) is 0 Å². The van der Waals surface area contributed by atoms with Crippen LogP contribution in [0.3, 0.4) is 0 Å². The summed E-state index contributed by atoms with van der Waals surface area (Å²) in [7, 11) is 0. The van der Waals surface area contributed by atoms with Crippen molar-refractivity contribution in [1.29, 1.82) is 0 Å². The van der Waals surface area contributed by atoms with Crippen molar-refractivity contribution in [3.05, 3.63) is 0 Å². The van der Waals surface area contributed by atoms with E-state index >= 15 is 0 Å². The minimum atomic E-state index is -5.08. The second-order valence-electron chi connectivity index (χ2n) is 6.07. The van der Waals surface area contributed by atoms with E-state index in [0.29, 0.717) is 5.92 Å². The molecule has 2 atom stereocenters. The Labute approximate surface area is 138 Å². The first-order valence-electron chi connectivity index (χ1n) is 7.52. The van der Waals surface area contributed by atoms with Gasteiger partial charge in [-0.15, -0.1) is 0 Å². The maximum atomic E-state index is 11.5. The average Bonchev–Trinajstić information content (AvgIpc) is 2.82. The zero-order valence-electron chi connectivity index (χ0n) is 12.6. The molecule has 0 spiro atoms. The summed E-state index contributed by atoms with van der Waals surface area (Å²) < 4.78 is 31.7. The number of carbonyl (C=O) groups is 2. The van der Waals surface area contributed by atoms with E-state index in [1.165, 1.54) is 0 Å². The molecule has 1 saturated heterocycles. The highest BCUT2D eigenvalue weighted by Crippen LogP contribution is 2.47. The number of carboxylic acids is 2. The smallest absolute Gasteiger partial charge is 0.481 e. The molecule has 0 radical (unpaired) electrons. The lowest BCUT2D eigenvalue weighted by Crippen LogP contribution is -2.40. The Morgan fingerprint density at radius 2 is 1.70 bits per heavy atom. The van der Waals surface area contributed by atoms with Gasteiger partial charge in [0.15, 0.2) is 0 Å². The number of thiol groups is 1. The summed E-state index contributed by atoms with van der Waals surface area (Å²) in [5, 5.41) is 20.0. The third kappa shape index (κ3) is 5.56. The van der Waals surface area contributed by atoms with Gasteiger partial charge >= 0.3 is 18.1 Å². The van der Waals surface area contributed by atoms with Crippen molar-refractivity contribution in [1.82, 2.24) is 5.32 Å². The number of carboxylic acid groups (broad SMARTS) is 2. The van der Waals surface area contributed by atoms with E-state index in [2.05, 4.69) is 17.9 Å². The van der Waals surface area contributed by atoms with E-state index in [1.807, 2.05) is 0 Å². The van der Waals surface area contributed by atoms with E-state index in [0.717, 1.165) is 51.6 Å². The molecule has 3 N–H and O–H groups in total. The summed E-state index contributed by atoms with van der Waals surface area (Å²) in [6.45, 7) is 2.08. The third-order valence-electron chi connectivity index (χ3n) is 4.52.